The number of phenolic OH excluding ortho intramolecular Hbond substituents is 1. The molecular weight excluding hydrogens is 408 g/mol. The fraction of sp³-hybridized carbons (Fsp3) is 0.192. The van der Waals surface area contributed by atoms with Crippen molar-refractivity contribution < 1.29 is 9.90 Å². The Morgan fingerprint density at radius 3 is 2.58 bits per heavy atom. The average Bonchev–Trinajstić information content (AvgIpc) is 2.78. The second kappa shape index (κ2) is 11.9. The van der Waals surface area contributed by atoms with Crippen LogP contribution < -0.4 is 10.6 Å². The molecule has 0 radical (unpaired) electrons. The maximum absolute atomic E-state index is 12.6. The minimum atomic E-state index is -0.0629. The normalized spacial score (nSPS) is 11.0. The molecule has 0 spiro atoms. The van der Waals surface area contributed by atoms with E-state index < -0.39 is 0 Å². The molecule has 0 saturated carbocycles. The molecule has 0 atom stereocenters. The lowest BCUT2D eigenvalue weighted by atomic mass is 10.1. The van der Waals surface area contributed by atoms with E-state index in [1.807, 2.05) is 72.8 Å². The van der Waals surface area contributed by atoms with Gasteiger partial charge in [-0.05, 0) is 66.4 Å². The van der Waals surface area contributed by atoms with Crippen LogP contribution in [0.15, 0.2) is 78.9 Å². The van der Waals surface area contributed by atoms with E-state index >= 15 is 0 Å². The van der Waals surface area contributed by atoms with E-state index in [4.69, 9.17) is 11.6 Å². The Hall–Kier alpha value is -3.08. The molecule has 0 unspecified atom stereocenters. The SMILES string of the molecule is O=C(NCC/C=C/c1cccc(Cl)c1)c1ccccc1CNCCc1ccc(O)cc1. The Morgan fingerprint density at radius 2 is 1.77 bits per heavy atom. The van der Waals surface area contributed by atoms with Gasteiger partial charge in [-0.25, -0.2) is 0 Å². The van der Waals surface area contributed by atoms with Crippen LogP contribution in [0.4, 0.5) is 0 Å². The van der Waals surface area contributed by atoms with Crippen molar-refractivity contribution in [3.8, 4) is 5.75 Å². The summed E-state index contributed by atoms with van der Waals surface area (Å²) in [6.07, 6.45) is 5.63. The highest BCUT2D eigenvalue weighted by Crippen LogP contribution is 2.13. The predicted octanol–water partition coefficient (Wildman–Crippen LogP) is 5.21. The van der Waals surface area contributed by atoms with Crippen LogP contribution in [0.25, 0.3) is 6.08 Å². The third-order valence-corrected chi connectivity index (χ3v) is 5.09. The van der Waals surface area contributed by atoms with Crippen molar-refractivity contribution in [1.82, 2.24) is 10.6 Å². The number of carbonyl (C=O) groups excluding carboxylic acids is 1. The van der Waals surface area contributed by atoms with Gasteiger partial charge >= 0.3 is 0 Å². The molecule has 0 aliphatic carbocycles. The highest BCUT2D eigenvalue weighted by atomic mass is 35.5. The monoisotopic (exact) mass is 434 g/mol. The van der Waals surface area contributed by atoms with Crippen LogP contribution in [-0.2, 0) is 13.0 Å². The minimum Gasteiger partial charge on any atom is -0.508 e. The number of phenols is 1. The molecule has 4 nitrogen and oxygen atoms in total. The van der Waals surface area contributed by atoms with Crippen LogP contribution in [-0.4, -0.2) is 24.1 Å². The fourth-order valence-electron chi connectivity index (χ4n) is 3.21. The second-order valence-corrected chi connectivity index (χ2v) is 7.69. The largest absolute Gasteiger partial charge is 0.508 e. The third-order valence-electron chi connectivity index (χ3n) is 4.86. The number of hydrogen-bond donors (Lipinski definition) is 3. The van der Waals surface area contributed by atoms with Crippen molar-refractivity contribution in [2.75, 3.05) is 13.1 Å². The Kier molecular flexibility index (Phi) is 8.71. The van der Waals surface area contributed by atoms with Gasteiger partial charge in [-0.15, -0.1) is 0 Å². The van der Waals surface area contributed by atoms with Crippen LogP contribution in [0.5, 0.6) is 5.75 Å². The van der Waals surface area contributed by atoms with Crippen molar-refractivity contribution in [2.24, 2.45) is 0 Å². The summed E-state index contributed by atoms with van der Waals surface area (Å²) in [7, 11) is 0. The van der Waals surface area contributed by atoms with Crippen LogP contribution >= 0.6 is 11.6 Å². The number of halogens is 1. The van der Waals surface area contributed by atoms with Gasteiger partial charge in [0.2, 0.25) is 0 Å². The van der Waals surface area contributed by atoms with Crippen molar-refractivity contribution in [2.45, 2.75) is 19.4 Å². The molecule has 0 aliphatic rings. The summed E-state index contributed by atoms with van der Waals surface area (Å²) in [5.74, 6) is 0.212. The topological polar surface area (TPSA) is 61.4 Å². The number of aromatic hydroxyl groups is 1. The zero-order valence-electron chi connectivity index (χ0n) is 17.4. The molecule has 1 amide bonds. The summed E-state index contributed by atoms with van der Waals surface area (Å²) < 4.78 is 0. The quantitative estimate of drug-likeness (QED) is 0.384. The standard InChI is InChI=1S/C26H27ClN2O2/c27-23-9-5-7-21(18-23)6-3-4-16-29-26(31)25-10-2-1-8-22(25)19-28-17-15-20-11-13-24(30)14-12-20/h1-3,5-14,18,28,30H,4,15-17,19H2,(H,29,31)/b6-3+. The molecule has 3 rings (SSSR count). The summed E-state index contributed by atoms with van der Waals surface area (Å²) >= 11 is 5.99. The van der Waals surface area contributed by atoms with Gasteiger partial charge in [-0.3, -0.25) is 4.79 Å². The number of benzene rings is 3. The molecular formula is C26H27ClN2O2. The van der Waals surface area contributed by atoms with Crippen molar-refractivity contribution >= 4 is 23.6 Å². The lowest BCUT2D eigenvalue weighted by Crippen LogP contribution is -2.26. The zero-order chi connectivity index (χ0) is 21.9. The molecule has 160 valence electrons. The summed E-state index contributed by atoms with van der Waals surface area (Å²) in [5.41, 5.74) is 3.86. The number of rotatable bonds is 10. The Balaban J connectivity index is 1.44. The first-order valence-electron chi connectivity index (χ1n) is 10.4. The molecule has 0 fully saturated rings. The number of amides is 1. The first-order valence-corrected chi connectivity index (χ1v) is 10.8. The molecule has 0 heterocycles. The van der Waals surface area contributed by atoms with Crippen LogP contribution in [0.1, 0.15) is 33.5 Å². The van der Waals surface area contributed by atoms with Crippen molar-refractivity contribution in [1.29, 1.82) is 0 Å². The highest BCUT2D eigenvalue weighted by molar-refractivity contribution is 6.30. The maximum atomic E-state index is 12.6. The van der Waals surface area contributed by atoms with Gasteiger partial charge in [0.05, 0.1) is 0 Å². The molecule has 3 aromatic carbocycles. The molecule has 0 bridgehead atoms. The van der Waals surface area contributed by atoms with Crippen LogP contribution in [0.2, 0.25) is 5.02 Å². The maximum Gasteiger partial charge on any atom is 0.251 e. The van der Waals surface area contributed by atoms with Crippen LogP contribution in [0, 0.1) is 0 Å². The van der Waals surface area contributed by atoms with Gasteiger partial charge in [0, 0.05) is 23.7 Å². The first-order chi connectivity index (χ1) is 15.1. The lowest BCUT2D eigenvalue weighted by Gasteiger charge is -2.11. The van der Waals surface area contributed by atoms with E-state index in [1.54, 1.807) is 12.1 Å². The second-order valence-electron chi connectivity index (χ2n) is 7.25. The zero-order valence-corrected chi connectivity index (χ0v) is 18.1. The first kappa shape index (κ1) is 22.6. The summed E-state index contributed by atoms with van der Waals surface area (Å²) in [6, 6.07) is 22.5. The number of carbonyl (C=O) groups is 1. The van der Waals surface area contributed by atoms with Gasteiger partial charge < -0.3 is 15.7 Å². The smallest absolute Gasteiger partial charge is 0.251 e. The van der Waals surface area contributed by atoms with Gasteiger partial charge in [0.25, 0.3) is 5.91 Å². The predicted molar refractivity (Wildman–Crippen MR) is 127 cm³/mol. The Morgan fingerprint density at radius 1 is 0.968 bits per heavy atom. The molecule has 0 saturated heterocycles. The van der Waals surface area contributed by atoms with E-state index in [0.29, 0.717) is 23.7 Å². The van der Waals surface area contributed by atoms with E-state index in [1.165, 1.54) is 0 Å². The fourth-order valence-corrected chi connectivity index (χ4v) is 3.41. The van der Waals surface area contributed by atoms with Crippen molar-refractivity contribution in [3.63, 3.8) is 0 Å². The van der Waals surface area contributed by atoms with Gasteiger partial charge in [-0.1, -0.05) is 66.2 Å². The Labute approximate surface area is 188 Å². The van der Waals surface area contributed by atoms with E-state index in [0.717, 1.165) is 36.1 Å². The van der Waals surface area contributed by atoms with Gasteiger partial charge in [0.1, 0.15) is 5.75 Å². The summed E-state index contributed by atoms with van der Waals surface area (Å²) in [6.45, 7) is 1.98. The minimum absolute atomic E-state index is 0.0629. The third kappa shape index (κ3) is 7.59. The average molecular weight is 435 g/mol. The number of hydrogen-bond acceptors (Lipinski definition) is 3. The van der Waals surface area contributed by atoms with E-state index in [9.17, 15) is 9.90 Å². The Bertz CT molecular complexity index is 1020. The van der Waals surface area contributed by atoms with E-state index in [2.05, 4.69) is 10.6 Å². The van der Waals surface area contributed by atoms with Gasteiger partial charge in [-0.2, -0.15) is 0 Å². The molecule has 3 N–H and O–H groups in total. The van der Waals surface area contributed by atoms with Crippen LogP contribution in [0.3, 0.4) is 0 Å². The van der Waals surface area contributed by atoms with Gasteiger partial charge in [0.15, 0.2) is 0 Å². The molecule has 0 aromatic heterocycles. The summed E-state index contributed by atoms with van der Waals surface area (Å²) in [5, 5.41) is 16.4. The number of nitrogens with one attached hydrogen (secondary N) is 2. The van der Waals surface area contributed by atoms with Crippen molar-refractivity contribution in [3.05, 3.63) is 106 Å². The van der Waals surface area contributed by atoms with E-state index in [-0.39, 0.29) is 11.7 Å². The summed E-state index contributed by atoms with van der Waals surface area (Å²) in [4.78, 5) is 12.6. The highest BCUT2D eigenvalue weighted by Gasteiger charge is 2.09. The molecule has 0 aliphatic heterocycles. The molecule has 31 heavy (non-hydrogen) atoms. The lowest BCUT2D eigenvalue weighted by molar-refractivity contribution is 0.0953. The molecule has 3 aromatic rings. The molecule has 5 heteroatoms.